The summed E-state index contributed by atoms with van der Waals surface area (Å²) < 4.78 is 2.13. The summed E-state index contributed by atoms with van der Waals surface area (Å²) in [5, 5.41) is 9.40. The molecular weight excluding hydrogens is 290 g/mol. The number of hydrogen-bond acceptors (Lipinski definition) is 2. The molecule has 0 bridgehead atoms. The Kier molecular flexibility index (Phi) is 3.20. The lowest BCUT2D eigenvalue weighted by molar-refractivity contribution is 0.570. The monoisotopic (exact) mass is 305 g/mol. The fraction of sp³-hybridized carbons (Fsp3) is 0.429. The molecule has 2 aromatic rings. The van der Waals surface area contributed by atoms with Gasteiger partial charge in [0.2, 0.25) is 0 Å². The highest BCUT2D eigenvalue weighted by Gasteiger charge is 2.25. The zero-order valence-corrected chi connectivity index (χ0v) is 12.0. The first-order chi connectivity index (χ1) is 8.81. The van der Waals surface area contributed by atoms with Crippen molar-refractivity contribution in [3.05, 3.63) is 47.0 Å². The van der Waals surface area contributed by atoms with E-state index in [1.165, 1.54) is 30.4 Å². The van der Waals surface area contributed by atoms with E-state index in [0.717, 1.165) is 17.0 Å². The van der Waals surface area contributed by atoms with E-state index >= 15 is 0 Å². The number of aromatic nitrogens is 3. The Morgan fingerprint density at radius 1 is 1.33 bits per heavy atom. The molecule has 94 valence electrons. The van der Waals surface area contributed by atoms with E-state index in [9.17, 15) is 0 Å². The van der Waals surface area contributed by atoms with Gasteiger partial charge in [0.05, 0.1) is 5.33 Å². The summed E-state index contributed by atoms with van der Waals surface area (Å²) >= 11 is 3.45. The third-order valence-electron chi connectivity index (χ3n) is 3.80. The summed E-state index contributed by atoms with van der Waals surface area (Å²) in [6.45, 7) is 0. The Morgan fingerprint density at radius 2 is 2.17 bits per heavy atom. The number of rotatable bonds is 2. The van der Waals surface area contributed by atoms with Crippen molar-refractivity contribution in [2.24, 2.45) is 7.05 Å². The van der Waals surface area contributed by atoms with Crippen LogP contribution < -0.4 is 0 Å². The Morgan fingerprint density at radius 3 is 2.94 bits per heavy atom. The largest absolute Gasteiger partial charge is 0.317 e. The van der Waals surface area contributed by atoms with Crippen molar-refractivity contribution >= 4 is 15.9 Å². The Hall–Kier alpha value is -1.16. The molecule has 0 saturated heterocycles. The molecule has 1 heterocycles. The van der Waals surface area contributed by atoms with Crippen molar-refractivity contribution in [1.82, 2.24) is 14.8 Å². The zero-order valence-electron chi connectivity index (χ0n) is 10.4. The maximum atomic E-state index is 4.39. The average molecular weight is 306 g/mol. The van der Waals surface area contributed by atoms with Crippen LogP contribution >= 0.6 is 15.9 Å². The van der Waals surface area contributed by atoms with Crippen LogP contribution in [0.3, 0.4) is 0 Å². The third kappa shape index (κ3) is 1.88. The van der Waals surface area contributed by atoms with Crippen LogP contribution in [0.25, 0.3) is 0 Å². The van der Waals surface area contributed by atoms with Crippen LogP contribution in [0.4, 0.5) is 0 Å². The molecule has 1 aliphatic rings. The predicted molar refractivity (Wildman–Crippen MR) is 74.9 cm³/mol. The summed E-state index contributed by atoms with van der Waals surface area (Å²) in [6, 6.07) is 8.73. The highest BCUT2D eigenvalue weighted by Crippen LogP contribution is 2.35. The highest BCUT2D eigenvalue weighted by atomic mass is 79.9. The van der Waals surface area contributed by atoms with E-state index in [1.807, 2.05) is 0 Å². The van der Waals surface area contributed by atoms with Crippen molar-refractivity contribution in [2.45, 2.75) is 30.5 Å². The van der Waals surface area contributed by atoms with Gasteiger partial charge in [0.1, 0.15) is 11.6 Å². The third-order valence-corrected chi connectivity index (χ3v) is 4.30. The maximum Gasteiger partial charge on any atom is 0.143 e. The van der Waals surface area contributed by atoms with Crippen LogP contribution in [0.1, 0.15) is 41.5 Å². The van der Waals surface area contributed by atoms with Gasteiger partial charge in [-0.25, -0.2) is 0 Å². The number of halogens is 1. The first-order valence-electron chi connectivity index (χ1n) is 6.33. The topological polar surface area (TPSA) is 30.7 Å². The molecule has 0 radical (unpaired) electrons. The maximum absolute atomic E-state index is 4.39. The molecule has 3 rings (SSSR count). The summed E-state index contributed by atoms with van der Waals surface area (Å²) in [5.41, 5.74) is 2.90. The van der Waals surface area contributed by atoms with Crippen LogP contribution in [-0.2, 0) is 18.8 Å². The molecule has 0 N–H and O–H groups in total. The van der Waals surface area contributed by atoms with Crippen LogP contribution in [0.15, 0.2) is 24.3 Å². The molecule has 0 fully saturated rings. The van der Waals surface area contributed by atoms with Crippen LogP contribution in [0.2, 0.25) is 0 Å². The summed E-state index contributed by atoms with van der Waals surface area (Å²) in [5.74, 6) is 2.49. The second kappa shape index (κ2) is 4.84. The van der Waals surface area contributed by atoms with Gasteiger partial charge >= 0.3 is 0 Å². The van der Waals surface area contributed by atoms with Gasteiger partial charge < -0.3 is 4.57 Å². The number of benzene rings is 1. The molecule has 0 spiro atoms. The number of fused-ring (bicyclic) bond motifs is 1. The number of aryl methyl sites for hydroxylation is 1. The van der Waals surface area contributed by atoms with Crippen molar-refractivity contribution < 1.29 is 0 Å². The molecule has 0 amide bonds. The second-order valence-corrected chi connectivity index (χ2v) is 5.37. The highest BCUT2D eigenvalue weighted by molar-refractivity contribution is 9.08. The minimum Gasteiger partial charge on any atom is -0.317 e. The van der Waals surface area contributed by atoms with Crippen molar-refractivity contribution in [2.75, 3.05) is 0 Å². The molecular formula is C14H16BrN3. The van der Waals surface area contributed by atoms with E-state index < -0.39 is 0 Å². The molecule has 1 unspecified atom stereocenters. The Balaban J connectivity index is 2.05. The van der Waals surface area contributed by atoms with Gasteiger partial charge in [0.15, 0.2) is 0 Å². The summed E-state index contributed by atoms with van der Waals surface area (Å²) in [6.07, 6.45) is 3.60. The van der Waals surface area contributed by atoms with Gasteiger partial charge in [-0.15, -0.1) is 10.2 Å². The van der Waals surface area contributed by atoms with Crippen molar-refractivity contribution in [3.8, 4) is 0 Å². The van der Waals surface area contributed by atoms with Crippen molar-refractivity contribution in [3.63, 3.8) is 0 Å². The molecule has 0 saturated carbocycles. The van der Waals surface area contributed by atoms with Crippen LogP contribution in [-0.4, -0.2) is 14.8 Å². The lowest BCUT2D eigenvalue weighted by Gasteiger charge is -2.24. The van der Waals surface area contributed by atoms with Gasteiger partial charge in [-0.1, -0.05) is 40.2 Å². The lowest BCUT2D eigenvalue weighted by Crippen LogP contribution is -2.15. The zero-order chi connectivity index (χ0) is 12.5. The molecule has 1 atom stereocenters. The van der Waals surface area contributed by atoms with Crippen LogP contribution in [0.5, 0.6) is 0 Å². The predicted octanol–water partition coefficient (Wildman–Crippen LogP) is 3.18. The smallest absolute Gasteiger partial charge is 0.143 e. The average Bonchev–Trinajstić information content (AvgIpc) is 2.79. The first kappa shape index (κ1) is 11.9. The molecule has 18 heavy (non-hydrogen) atoms. The standard InChI is InChI=1S/C14H16BrN3/c1-18-13(9-15)16-17-14(18)12-8-4-6-10-5-2-3-7-11(10)12/h2-3,5,7,12H,4,6,8-9H2,1H3. The SMILES string of the molecule is Cn1c(CBr)nnc1C1CCCc2ccccc21. The van der Waals surface area contributed by atoms with E-state index in [1.54, 1.807) is 0 Å². The van der Waals surface area contributed by atoms with Gasteiger partial charge in [-0.2, -0.15) is 0 Å². The number of hydrogen-bond donors (Lipinski definition) is 0. The second-order valence-electron chi connectivity index (χ2n) is 4.81. The summed E-state index contributed by atoms with van der Waals surface area (Å²) in [7, 11) is 2.06. The minimum absolute atomic E-state index is 0.403. The Bertz CT molecular complexity index is 562. The normalized spacial score (nSPS) is 18.7. The molecule has 3 nitrogen and oxygen atoms in total. The van der Waals surface area contributed by atoms with Crippen LogP contribution in [0, 0.1) is 0 Å². The lowest BCUT2D eigenvalue weighted by atomic mass is 9.82. The summed E-state index contributed by atoms with van der Waals surface area (Å²) in [4.78, 5) is 0. The molecule has 1 aromatic heterocycles. The van der Waals surface area contributed by atoms with E-state index in [-0.39, 0.29) is 0 Å². The Labute approximate surface area is 115 Å². The van der Waals surface area contributed by atoms with E-state index in [0.29, 0.717) is 5.92 Å². The van der Waals surface area contributed by atoms with Crippen molar-refractivity contribution in [1.29, 1.82) is 0 Å². The van der Waals surface area contributed by atoms with E-state index in [2.05, 4.69) is 62.0 Å². The van der Waals surface area contributed by atoms with Gasteiger partial charge in [-0.05, 0) is 30.4 Å². The fourth-order valence-electron chi connectivity index (χ4n) is 2.82. The van der Waals surface area contributed by atoms with E-state index in [4.69, 9.17) is 0 Å². The number of nitrogens with zero attached hydrogens (tertiary/aromatic N) is 3. The minimum atomic E-state index is 0.403. The quantitative estimate of drug-likeness (QED) is 0.798. The fourth-order valence-corrected chi connectivity index (χ4v) is 3.31. The molecule has 1 aliphatic carbocycles. The van der Waals surface area contributed by atoms with Gasteiger partial charge in [-0.3, -0.25) is 0 Å². The molecule has 4 heteroatoms. The van der Waals surface area contributed by atoms with Gasteiger partial charge in [0, 0.05) is 13.0 Å². The first-order valence-corrected chi connectivity index (χ1v) is 7.45. The number of alkyl halides is 1. The molecule has 0 aliphatic heterocycles. The van der Waals surface area contributed by atoms with Gasteiger partial charge in [0.25, 0.3) is 0 Å². The molecule has 1 aromatic carbocycles.